The van der Waals surface area contributed by atoms with Crippen molar-refractivity contribution in [2.24, 2.45) is 11.7 Å². The van der Waals surface area contributed by atoms with Crippen LogP contribution in [-0.2, 0) is 9.53 Å². The molecule has 0 unspecified atom stereocenters. The molecular weight excluding hydrogens is 240 g/mol. The second-order valence-corrected chi connectivity index (χ2v) is 5.50. The molecule has 0 saturated heterocycles. The maximum Gasteiger partial charge on any atom is 0.220 e. The van der Waals surface area contributed by atoms with Crippen LogP contribution in [0.1, 0.15) is 38.5 Å². The molecule has 0 spiro atoms. The van der Waals surface area contributed by atoms with Crippen molar-refractivity contribution in [2.75, 3.05) is 26.7 Å². The first-order chi connectivity index (χ1) is 9.13. The van der Waals surface area contributed by atoms with E-state index < -0.39 is 0 Å². The number of unbranched alkanes of at least 4 members (excludes halogenated alkanes) is 1. The van der Waals surface area contributed by atoms with Gasteiger partial charge in [0.15, 0.2) is 0 Å². The molecule has 1 aliphatic rings. The summed E-state index contributed by atoms with van der Waals surface area (Å²) in [5.74, 6) is -0.0730. The molecule has 1 aliphatic carbocycles. The third kappa shape index (κ3) is 6.73. The molecular formula is C15H28N2O2. The van der Waals surface area contributed by atoms with Gasteiger partial charge >= 0.3 is 0 Å². The topological polar surface area (TPSA) is 55.6 Å². The van der Waals surface area contributed by atoms with Crippen molar-refractivity contribution in [1.82, 2.24) is 4.90 Å². The van der Waals surface area contributed by atoms with Crippen molar-refractivity contribution in [3.63, 3.8) is 0 Å². The second-order valence-electron chi connectivity index (χ2n) is 5.50. The number of carbonyl (C=O) groups excluding carboxylic acids is 1. The van der Waals surface area contributed by atoms with E-state index in [9.17, 15) is 4.79 Å². The van der Waals surface area contributed by atoms with Crippen molar-refractivity contribution < 1.29 is 9.53 Å². The highest BCUT2D eigenvalue weighted by Crippen LogP contribution is 2.25. The van der Waals surface area contributed by atoms with Crippen molar-refractivity contribution >= 4 is 5.91 Å². The molecule has 0 aliphatic heterocycles. The molecule has 0 radical (unpaired) electrons. The van der Waals surface area contributed by atoms with Crippen LogP contribution in [0, 0.1) is 5.92 Å². The highest BCUT2D eigenvalue weighted by atomic mass is 16.5. The van der Waals surface area contributed by atoms with Crippen molar-refractivity contribution in [3.8, 4) is 0 Å². The number of carbonyl (C=O) groups is 1. The fourth-order valence-electron chi connectivity index (χ4n) is 2.56. The lowest BCUT2D eigenvalue weighted by Gasteiger charge is -2.26. The Morgan fingerprint density at radius 2 is 2.05 bits per heavy atom. The number of amides is 1. The van der Waals surface area contributed by atoms with Gasteiger partial charge in [0.2, 0.25) is 5.91 Å². The third-order valence-corrected chi connectivity index (χ3v) is 3.81. The monoisotopic (exact) mass is 268 g/mol. The Hall–Kier alpha value is -0.870. The lowest BCUT2D eigenvalue weighted by Crippen LogP contribution is -2.30. The molecule has 1 amide bonds. The van der Waals surface area contributed by atoms with Crippen molar-refractivity contribution in [1.29, 1.82) is 0 Å². The maximum absolute atomic E-state index is 11.0. The summed E-state index contributed by atoms with van der Waals surface area (Å²) in [5.41, 5.74) is 5.31. The summed E-state index contributed by atoms with van der Waals surface area (Å²) in [6, 6.07) is 0. The van der Waals surface area contributed by atoms with Gasteiger partial charge in [0.05, 0.1) is 6.10 Å². The predicted octanol–water partition coefficient (Wildman–Crippen LogP) is 1.95. The average Bonchev–Trinajstić information content (AvgIpc) is 2.39. The van der Waals surface area contributed by atoms with E-state index in [0.29, 0.717) is 6.10 Å². The van der Waals surface area contributed by atoms with Crippen LogP contribution in [0.25, 0.3) is 0 Å². The Labute approximate surface area is 117 Å². The first-order valence-electron chi connectivity index (χ1n) is 7.34. The molecule has 1 saturated carbocycles. The molecule has 0 aromatic heterocycles. The molecule has 0 aromatic rings. The normalized spacial score (nSPS) is 23.5. The Kier molecular flexibility index (Phi) is 7.75. The number of hydrogen-bond acceptors (Lipinski definition) is 3. The summed E-state index contributed by atoms with van der Waals surface area (Å²) in [6.07, 6.45) is 8.24. The number of ether oxygens (including phenoxy) is 1. The maximum atomic E-state index is 11.0. The Morgan fingerprint density at radius 3 is 2.63 bits per heavy atom. The highest BCUT2D eigenvalue weighted by molar-refractivity contribution is 5.76. The largest absolute Gasteiger partial charge is 0.378 e. The Bertz CT molecular complexity index is 273. The number of primary amides is 1. The first-order valence-corrected chi connectivity index (χ1v) is 7.34. The standard InChI is InChI=1S/C15H28N2O2/c1-3-10-17(2)11-4-5-12-19-14-8-6-13(7-9-14)15(16)18/h3,13-14H,1,4-12H2,2H3,(H2,16,18). The SMILES string of the molecule is C=CCN(C)CCCCOC1CCC(C(N)=O)CC1. The minimum absolute atomic E-state index is 0.0763. The molecule has 110 valence electrons. The van der Waals surface area contributed by atoms with Crippen molar-refractivity contribution in [2.45, 2.75) is 44.6 Å². The van der Waals surface area contributed by atoms with Gasteiger partial charge in [-0.2, -0.15) is 0 Å². The summed E-state index contributed by atoms with van der Waals surface area (Å²) in [6.45, 7) is 6.58. The molecule has 0 heterocycles. The van der Waals surface area contributed by atoms with E-state index in [-0.39, 0.29) is 11.8 Å². The van der Waals surface area contributed by atoms with Gasteiger partial charge in [-0.3, -0.25) is 4.79 Å². The number of likely N-dealkylation sites (N-methyl/N-ethyl adjacent to an activating group) is 1. The fourth-order valence-corrected chi connectivity index (χ4v) is 2.56. The highest BCUT2D eigenvalue weighted by Gasteiger charge is 2.24. The smallest absolute Gasteiger partial charge is 0.220 e. The summed E-state index contributed by atoms with van der Waals surface area (Å²) >= 11 is 0. The van der Waals surface area contributed by atoms with Gasteiger partial charge in [0.1, 0.15) is 0 Å². The van der Waals surface area contributed by atoms with E-state index in [4.69, 9.17) is 10.5 Å². The van der Waals surface area contributed by atoms with Gasteiger partial charge in [-0.05, 0) is 52.1 Å². The number of rotatable bonds is 9. The number of hydrogen-bond donors (Lipinski definition) is 1. The number of nitrogens with two attached hydrogens (primary N) is 1. The van der Waals surface area contributed by atoms with E-state index in [1.54, 1.807) is 0 Å². The molecule has 0 atom stereocenters. The molecule has 0 aromatic carbocycles. The zero-order valence-corrected chi connectivity index (χ0v) is 12.1. The van der Waals surface area contributed by atoms with Gasteiger partial charge in [-0.1, -0.05) is 6.08 Å². The third-order valence-electron chi connectivity index (χ3n) is 3.81. The molecule has 1 fully saturated rings. The van der Waals surface area contributed by atoms with Gasteiger partial charge in [-0.25, -0.2) is 0 Å². The summed E-state index contributed by atoms with van der Waals surface area (Å²) < 4.78 is 5.86. The fraction of sp³-hybridized carbons (Fsp3) is 0.800. The molecule has 2 N–H and O–H groups in total. The zero-order chi connectivity index (χ0) is 14.1. The Morgan fingerprint density at radius 1 is 1.37 bits per heavy atom. The molecule has 4 nitrogen and oxygen atoms in total. The molecule has 0 bridgehead atoms. The minimum Gasteiger partial charge on any atom is -0.378 e. The number of nitrogens with zero attached hydrogens (tertiary/aromatic N) is 1. The van der Waals surface area contributed by atoms with Crippen LogP contribution in [0.4, 0.5) is 0 Å². The van der Waals surface area contributed by atoms with E-state index >= 15 is 0 Å². The average molecular weight is 268 g/mol. The lowest BCUT2D eigenvalue weighted by atomic mass is 9.87. The van der Waals surface area contributed by atoms with Crippen LogP contribution in [-0.4, -0.2) is 43.7 Å². The Balaban J connectivity index is 1.99. The van der Waals surface area contributed by atoms with Crippen LogP contribution in [0.5, 0.6) is 0 Å². The van der Waals surface area contributed by atoms with Crippen LogP contribution < -0.4 is 5.73 Å². The van der Waals surface area contributed by atoms with Crippen LogP contribution in [0.15, 0.2) is 12.7 Å². The van der Waals surface area contributed by atoms with E-state index in [0.717, 1.165) is 58.2 Å². The van der Waals surface area contributed by atoms with E-state index in [1.807, 2.05) is 6.08 Å². The summed E-state index contributed by atoms with van der Waals surface area (Å²) in [7, 11) is 2.10. The molecule has 1 rings (SSSR count). The predicted molar refractivity (Wildman–Crippen MR) is 77.8 cm³/mol. The van der Waals surface area contributed by atoms with Crippen LogP contribution in [0.2, 0.25) is 0 Å². The molecule has 19 heavy (non-hydrogen) atoms. The zero-order valence-electron chi connectivity index (χ0n) is 12.1. The van der Waals surface area contributed by atoms with Crippen molar-refractivity contribution in [3.05, 3.63) is 12.7 Å². The van der Waals surface area contributed by atoms with E-state index in [1.165, 1.54) is 0 Å². The van der Waals surface area contributed by atoms with Crippen LogP contribution in [0.3, 0.4) is 0 Å². The van der Waals surface area contributed by atoms with Gasteiger partial charge < -0.3 is 15.4 Å². The summed E-state index contributed by atoms with van der Waals surface area (Å²) in [4.78, 5) is 13.3. The van der Waals surface area contributed by atoms with Gasteiger partial charge in [-0.15, -0.1) is 6.58 Å². The van der Waals surface area contributed by atoms with Gasteiger partial charge in [0.25, 0.3) is 0 Å². The summed E-state index contributed by atoms with van der Waals surface area (Å²) in [5, 5.41) is 0. The van der Waals surface area contributed by atoms with E-state index in [2.05, 4.69) is 18.5 Å². The lowest BCUT2D eigenvalue weighted by molar-refractivity contribution is -0.123. The minimum atomic E-state index is -0.149. The first kappa shape index (κ1) is 16.2. The quantitative estimate of drug-likeness (QED) is 0.513. The van der Waals surface area contributed by atoms with Gasteiger partial charge in [0, 0.05) is 19.1 Å². The second kappa shape index (κ2) is 9.10. The van der Waals surface area contributed by atoms with Crippen LogP contribution >= 0.6 is 0 Å². The molecule has 4 heteroatoms.